The second-order valence-corrected chi connectivity index (χ2v) is 8.67. The molecule has 5 heteroatoms. The van der Waals surface area contributed by atoms with Crippen molar-refractivity contribution in [2.24, 2.45) is 4.99 Å². The Morgan fingerprint density at radius 2 is 1.62 bits per heavy atom. The molecule has 3 aromatic carbocycles. The summed E-state index contributed by atoms with van der Waals surface area (Å²) in [5.74, 6) is 1.65. The van der Waals surface area contributed by atoms with Crippen molar-refractivity contribution < 1.29 is 4.74 Å². The summed E-state index contributed by atoms with van der Waals surface area (Å²) in [5.41, 5.74) is 3.80. The van der Waals surface area contributed by atoms with Gasteiger partial charge in [0.15, 0.2) is 5.82 Å². The molecule has 4 rings (SSSR count). The van der Waals surface area contributed by atoms with E-state index in [4.69, 9.17) is 26.4 Å². The summed E-state index contributed by atoms with van der Waals surface area (Å²) in [6.45, 7) is 3.00. The van der Waals surface area contributed by atoms with Gasteiger partial charge in [0.25, 0.3) is 0 Å². The first-order chi connectivity index (χ1) is 16.7. The van der Waals surface area contributed by atoms with Gasteiger partial charge >= 0.3 is 0 Å². The maximum Gasteiger partial charge on any atom is 0.156 e. The predicted molar refractivity (Wildman–Crippen MR) is 142 cm³/mol. The molecule has 0 aliphatic carbocycles. The van der Waals surface area contributed by atoms with Crippen molar-refractivity contribution in [1.82, 2.24) is 9.78 Å². The molecule has 0 radical (unpaired) electrons. The lowest BCUT2D eigenvalue weighted by molar-refractivity contribution is 0.304. The van der Waals surface area contributed by atoms with Crippen molar-refractivity contribution in [2.45, 2.75) is 39.0 Å². The zero-order valence-corrected chi connectivity index (χ0v) is 20.3. The van der Waals surface area contributed by atoms with Crippen LogP contribution in [0.5, 0.6) is 5.75 Å². The van der Waals surface area contributed by atoms with Crippen LogP contribution < -0.4 is 4.74 Å². The van der Waals surface area contributed by atoms with Crippen molar-refractivity contribution in [3.8, 4) is 22.7 Å². The van der Waals surface area contributed by atoms with E-state index in [1.807, 2.05) is 95.8 Å². The Bertz CT molecular complexity index is 1180. The third-order valence-electron chi connectivity index (χ3n) is 5.57. The fourth-order valence-corrected chi connectivity index (χ4v) is 3.80. The zero-order chi connectivity index (χ0) is 23.6. The Morgan fingerprint density at radius 1 is 0.882 bits per heavy atom. The molecule has 0 fully saturated rings. The van der Waals surface area contributed by atoms with E-state index in [-0.39, 0.29) is 0 Å². The smallest absolute Gasteiger partial charge is 0.156 e. The van der Waals surface area contributed by atoms with Gasteiger partial charge in [0.1, 0.15) is 5.75 Å². The Balaban J connectivity index is 1.48. The number of unbranched alkanes of at least 4 members (excludes halogenated alkanes) is 4. The summed E-state index contributed by atoms with van der Waals surface area (Å²) in [6, 6.07) is 27.7. The Kier molecular flexibility index (Phi) is 8.53. The molecular formula is C29H30ClN3O. The number of aromatic nitrogens is 2. The Morgan fingerprint density at radius 3 is 2.35 bits per heavy atom. The highest BCUT2D eigenvalue weighted by Crippen LogP contribution is 2.27. The topological polar surface area (TPSA) is 39.4 Å². The van der Waals surface area contributed by atoms with Crippen LogP contribution in [0.15, 0.2) is 89.9 Å². The molecule has 174 valence electrons. The number of hydrogen-bond acceptors (Lipinski definition) is 3. The predicted octanol–water partition coefficient (Wildman–Crippen LogP) is 8.29. The molecular weight excluding hydrogens is 442 g/mol. The molecule has 0 saturated carbocycles. The largest absolute Gasteiger partial charge is 0.494 e. The number of halogens is 1. The molecule has 4 nitrogen and oxygen atoms in total. The first kappa shape index (κ1) is 23.8. The number of aliphatic imine (C=N–C) groups is 1. The molecule has 0 atom stereocenters. The second kappa shape index (κ2) is 12.2. The van der Waals surface area contributed by atoms with E-state index in [1.54, 1.807) is 0 Å². The van der Waals surface area contributed by atoms with Crippen molar-refractivity contribution >= 4 is 23.6 Å². The van der Waals surface area contributed by atoms with Crippen LogP contribution in [0.25, 0.3) is 16.9 Å². The Hall–Kier alpha value is -3.37. The van der Waals surface area contributed by atoms with Crippen LogP contribution in [0.3, 0.4) is 0 Å². The van der Waals surface area contributed by atoms with Crippen LogP contribution in [0.2, 0.25) is 5.02 Å². The zero-order valence-electron chi connectivity index (χ0n) is 19.5. The number of nitrogens with zero attached hydrogens (tertiary/aromatic N) is 3. The summed E-state index contributed by atoms with van der Waals surface area (Å²) in [7, 11) is 0. The highest BCUT2D eigenvalue weighted by molar-refractivity contribution is 6.30. The van der Waals surface area contributed by atoms with Gasteiger partial charge in [-0.2, -0.15) is 5.10 Å². The minimum absolute atomic E-state index is 0.702. The fourth-order valence-electron chi connectivity index (χ4n) is 3.67. The van der Waals surface area contributed by atoms with Gasteiger partial charge in [-0.05, 0) is 60.5 Å². The van der Waals surface area contributed by atoms with Gasteiger partial charge in [-0.1, -0.05) is 74.5 Å². The summed E-state index contributed by atoms with van der Waals surface area (Å²) in [5, 5.41) is 5.51. The lowest BCUT2D eigenvalue weighted by Crippen LogP contribution is -1.97. The van der Waals surface area contributed by atoms with Crippen LogP contribution >= 0.6 is 11.6 Å². The van der Waals surface area contributed by atoms with E-state index in [0.717, 1.165) is 47.1 Å². The highest BCUT2D eigenvalue weighted by atomic mass is 35.5. The fraction of sp³-hybridized carbons (Fsp3) is 0.241. The van der Waals surface area contributed by atoms with E-state index in [1.165, 1.54) is 25.7 Å². The van der Waals surface area contributed by atoms with Gasteiger partial charge in [0, 0.05) is 22.9 Å². The first-order valence-electron chi connectivity index (χ1n) is 11.9. The van der Waals surface area contributed by atoms with Crippen molar-refractivity contribution in [3.63, 3.8) is 0 Å². The van der Waals surface area contributed by atoms with Crippen LogP contribution in [0, 0.1) is 0 Å². The summed E-state index contributed by atoms with van der Waals surface area (Å²) in [6.07, 6.45) is 8.04. The monoisotopic (exact) mass is 471 g/mol. The lowest BCUT2D eigenvalue weighted by Gasteiger charge is -2.06. The van der Waals surface area contributed by atoms with Gasteiger partial charge in [-0.3, -0.25) is 0 Å². The number of rotatable bonds is 11. The normalized spacial score (nSPS) is 11.2. The van der Waals surface area contributed by atoms with Crippen LogP contribution in [-0.2, 0) is 0 Å². The van der Waals surface area contributed by atoms with Crippen LogP contribution in [0.4, 0.5) is 5.82 Å². The minimum atomic E-state index is 0.702. The quantitative estimate of drug-likeness (QED) is 0.163. The van der Waals surface area contributed by atoms with Gasteiger partial charge in [0.05, 0.1) is 18.0 Å². The SMILES string of the molecule is CCCCCCCOc1ccc(/C=N/c2cc(-c3ccc(Cl)cc3)nn2-c2ccccc2)cc1. The summed E-state index contributed by atoms with van der Waals surface area (Å²) in [4.78, 5) is 4.76. The third-order valence-corrected chi connectivity index (χ3v) is 5.83. The summed E-state index contributed by atoms with van der Waals surface area (Å²) < 4.78 is 7.73. The van der Waals surface area contributed by atoms with Gasteiger partial charge in [0.2, 0.25) is 0 Å². The lowest BCUT2D eigenvalue weighted by atomic mass is 10.1. The maximum absolute atomic E-state index is 6.06. The molecule has 0 spiro atoms. The van der Waals surface area contributed by atoms with Crippen LogP contribution in [-0.4, -0.2) is 22.6 Å². The molecule has 34 heavy (non-hydrogen) atoms. The number of benzene rings is 3. The summed E-state index contributed by atoms with van der Waals surface area (Å²) >= 11 is 6.06. The van der Waals surface area contributed by atoms with E-state index in [0.29, 0.717) is 5.02 Å². The standard InChI is InChI=1S/C29H30ClN3O/c1-2-3-4-5-9-20-34-27-18-12-23(13-19-27)22-31-29-21-28(24-14-16-25(30)17-15-24)32-33(29)26-10-7-6-8-11-26/h6-8,10-19,21-22H,2-5,9,20H2,1H3/b31-22+. The molecule has 0 amide bonds. The molecule has 0 aliphatic heterocycles. The van der Waals surface area contributed by atoms with E-state index in [2.05, 4.69) is 6.92 Å². The highest BCUT2D eigenvalue weighted by Gasteiger charge is 2.10. The minimum Gasteiger partial charge on any atom is -0.494 e. The van der Waals surface area contributed by atoms with Gasteiger partial charge in [-0.25, -0.2) is 9.67 Å². The molecule has 0 N–H and O–H groups in total. The molecule has 0 bridgehead atoms. The van der Waals surface area contributed by atoms with E-state index >= 15 is 0 Å². The molecule has 4 aromatic rings. The molecule has 1 heterocycles. The first-order valence-corrected chi connectivity index (χ1v) is 12.3. The second-order valence-electron chi connectivity index (χ2n) is 8.23. The molecule has 0 saturated heterocycles. The average Bonchev–Trinajstić information content (AvgIpc) is 3.31. The molecule has 0 aliphatic rings. The van der Waals surface area contributed by atoms with E-state index in [9.17, 15) is 0 Å². The van der Waals surface area contributed by atoms with Crippen molar-refractivity contribution in [3.05, 3.63) is 95.5 Å². The number of hydrogen-bond donors (Lipinski definition) is 0. The van der Waals surface area contributed by atoms with Crippen molar-refractivity contribution in [2.75, 3.05) is 6.61 Å². The third kappa shape index (κ3) is 6.58. The van der Waals surface area contributed by atoms with E-state index < -0.39 is 0 Å². The Labute approximate surface area is 206 Å². The van der Waals surface area contributed by atoms with Gasteiger partial charge in [-0.15, -0.1) is 0 Å². The molecule has 1 aromatic heterocycles. The average molecular weight is 472 g/mol. The number of para-hydroxylation sites is 1. The van der Waals surface area contributed by atoms with Crippen molar-refractivity contribution in [1.29, 1.82) is 0 Å². The van der Waals surface area contributed by atoms with Gasteiger partial charge < -0.3 is 4.74 Å². The number of ether oxygens (including phenoxy) is 1. The molecule has 0 unspecified atom stereocenters. The van der Waals surface area contributed by atoms with Crippen LogP contribution in [0.1, 0.15) is 44.6 Å². The maximum atomic E-state index is 6.06.